The second-order valence-electron chi connectivity index (χ2n) is 3.69. The minimum atomic E-state index is -0.0177. The highest BCUT2D eigenvalue weighted by Crippen LogP contribution is 2.31. The molecular weight excluding hydrogens is 224 g/mol. The first-order valence-electron chi connectivity index (χ1n) is 5.10. The number of methoxy groups -OCH3 is 1. The van der Waals surface area contributed by atoms with Gasteiger partial charge >= 0.3 is 0 Å². The summed E-state index contributed by atoms with van der Waals surface area (Å²) in [7, 11) is 1.60. The van der Waals surface area contributed by atoms with Gasteiger partial charge in [-0.15, -0.1) is 0 Å². The third-order valence-electron chi connectivity index (χ3n) is 2.63. The van der Waals surface area contributed by atoms with Gasteiger partial charge in [-0.1, -0.05) is 0 Å². The summed E-state index contributed by atoms with van der Waals surface area (Å²) >= 11 is 1.67. The van der Waals surface area contributed by atoms with Gasteiger partial charge in [0.25, 0.3) is 0 Å². The molecule has 2 rings (SSSR count). The molecule has 0 fully saturated rings. The second kappa shape index (κ2) is 4.78. The molecule has 0 N–H and O–H groups in total. The summed E-state index contributed by atoms with van der Waals surface area (Å²) < 4.78 is 10.7. The number of benzene rings is 1. The number of carbonyl (C=O) groups is 1. The van der Waals surface area contributed by atoms with Gasteiger partial charge in [0.05, 0.1) is 25.2 Å². The molecule has 0 bridgehead atoms. The Labute approximate surface area is 99.1 Å². The molecule has 1 aliphatic rings. The standard InChI is InChI=1S/C12H14O3S/c1-14-9-3-4-10-11(5-9)15-6-8(7-16-2)12(10)13/h3-5,8H,6-7H2,1-2H3. The normalized spacial score (nSPS) is 18.9. The molecular formula is C12H14O3S. The van der Waals surface area contributed by atoms with Crippen molar-refractivity contribution in [3.63, 3.8) is 0 Å². The molecule has 86 valence electrons. The van der Waals surface area contributed by atoms with E-state index in [1.165, 1.54) is 0 Å². The Morgan fingerprint density at radius 1 is 1.56 bits per heavy atom. The Bertz CT molecular complexity index is 403. The fraction of sp³-hybridized carbons (Fsp3) is 0.417. The van der Waals surface area contributed by atoms with Crippen molar-refractivity contribution in [3.05, 3.63) is 23.8 Å². The number of carbonyl (C=O) groups excluding carboxylic acids is 1. The van der Waals surface area contributed by atoms with Crippen LogP contribution >= 0.6 is 11.8 Å². The largest absolute Gasteiger partial charge is 0.497 e. The number of thioether (sulfide) groups is 1. The molecule has 1 aliphatic heterocycles. The lowest BCUT2D eigenvalue weighted by Crippen LogP contribution is -2.29. The molecule has 16 heavy (non-hydrogen) atoms. The van der Waals surface area contributed by atoms with Crippen molar-refractivity contribution in [2.75, 3.05) is 25.7 Å². The lowest BCUT2D eigenvalue weighted by molar-refractivity contribution is 0.0853. The van der Waals surface area contributed by atoms with Crippen LogP contribution in [0.4, 0.5) is 0 Å². The number of hydrogen-bond acceptors (Lipinski definition) is 4. The molecule has 1 aromatic carbocycles. The minimum absolute atomic E-state index is 0.0177. The Hall–Kier alpha value is -1.16. The van der Waals surface area contributed by atoms with Gasteiger partial charge in [0.1, 0.15) is 11.5 Å². The zero-order valence-corrected chi connectivity index (χ0v) is 10.2. The van der Waals surface area contributed by atoms with Gasteiger partial charge in [0.15, 0.2) is 5.78 Å². The molecule has 0 amide bonds. The van der Waals surface area contributed by atoms with Crippen molar-refractivity contribution in [1.29, 1.82) is 0 Å². The summed E-state index contributed by atoms with van der Waals surface area (Å²) in [4.78, 5) is 12.1. The van der Waals surface area contributed by atoms with E-state index < -0.39 is 0 Å². The van der Waals surface area contributed by atoms with E-state index in [4.69, 9.17) is 9.47 Å². The third kappa shape index (κ3) is 2.02. The maximum atomic E-state index is 12.1. The average molecular weight is 238 g/mol. The van der Waals surface area contributed by atoms with Crippen molar-refractivity contribution in [1.82, 2.24) is 0 Å². The third-order valence-corrected chi connectivity index (χ3v) is 3.37. The van der Waals surface area contributed by atoms with Crippen molar-refractivity contribution in [2.45, 2.75) is 0 Å². The number of fused-ring (bicyclic) bond motifs is 1. The molecule has 0 aliphatic carbocycles. The van der Waals surface area contributed by atoms with Crippen LogP contribution in [0.15, 0.2) is 18.2 Å². The number of hydrogen-bond donors (Lipinski definition) is 0. The van der Waals surface area contributed by atoms with E-state index in [9.17, 15) is 4.79 Å². The summed E-state index contributed by atoms with van der Waals surface area (Å²) in [6.07, 6.45) is 2.00. The molecule has 1 heterocycles. The Morgan fingerprint density at radius 3 is 3.06 bits per heavy atom. The lowest BCUT2D eigenvalue weighted by Gasteiger charge is -2.23. The fourth-order valence-corrected chi connectivity index (χ4v) is 2.41. The molecule has 1 aromatic rings. The van der Waals surface area contributed by atoms with E-state index in [1.807, 2.05) is 6.26 Å². The predicted molar refractivity (Wildman–Crippen MR) is 64.7 cm³/mol. The van der Waals surface area contributed by atoms with Gasteiger partial charge in [-0.05, 0) is 18.4 Å². The van der Waals surface area contributed by atoms with Gasteiger partial charge in [-0.3, -0.25) is 4.79 Å². The SMILES string of the molecule is COc1ccc2c(c1)OCC(CSC)C2=O. The van der Waals surface area contributed by atoms with Crippen LogP contribution in [0.3, 0.4) is 0 Å². The highest BCUT2D eigenvalue weighted by molar-refractivity contribution is 7.98. The highest BCUT2D eigenvalue weighted by Gasteiger charge is 2.28. The van der Waals surface area contributed by atoms with Gasteiger partial charge in [-0.2, -0.15) is 11.8 Å². The summed E-state index contributed by atoms with van der Waals surface area (Å²) in [6.45, 7) is 0.472. The zero-order valence-electron chi connectivity index (χ0n) is 9.36. The van der Waals surface area contributed by atoms with Crippen LogP contribution < -0.4 is 9.47 Å². The first-order chi connectivity index (χ1) is 7.76. The summed E-state index contributed by atoms with van der Waals surface area (Å²) in [5.41, 5.74) is 0.672. The molecule has 1 unspecified atom stereocenters. The van der Waals surface area contributed by atoms with Crippen LogP contribution in [-0.4, -0.2) is 31.5 Å². The summed E-state index contributed by atoms with van der Waals surface area (Å²) in [5.74, 6) is 2.33. The van der Waals surface area contributed by atoms with Gasteiger partial charge in [0, 0.05) is 11.8 Å². The van der Waals surface area contributed by atoms with Crippen LogP contribution in [0, 0.1) is 5.92 Å². The van der Waals surface area contributed by atoms with Crippen molar-refractivity contribution in [2.24, 2.45) is 5.92 Å². The molecule has 0 radical (unpaired) electrons. The fourth-order valence-electron chi connectivity index (χ4n) is 1.76. The smallest absolute Gasteiger partial charge is 0.173 e. The minimum Gasteiger partial charge on any atom is -0.497 e. The van der Waals surface area contributed by atoms with E-state index in [0.29, 0.717) is 17.9 Å². The van der Waals surface area contributed by atoms with E-state index in [0.717, 1.165) is 11.5 Å². The first kappa shape index (κ1) is 11.3. The molecule has 3 nitrogen and oxygen atoms in total. The molecule has 0 spiro atoms. The van der Waals surface area contributed by atoms with Crippen LogP contribution in [0.1, 0.15) is 10.4 Å². The molecule has 0 saturated heterocycles. The maximum absolute atomic E-state index is 12.1. The Balaban J connectivity index is 2.28. The highest BCUT2D eigenvalue weighted by atomic mass is 32.2. The second-order valence-corrected chi connectivity index (χ2v) is 4.60. The quantitative estimate of drug-likeness (QED) is 0.809. The lowest BCUT2D eigenvalue weighted by atomic mass is 9.96. The van der Waals surface area contributed by atoms with Crippen molar-refractivity contribution in [3.8, 4) is 11.5 Å². The molecule has 0 aromatic heterocycles. The Morgan fingerprint density at radius 2 is 2.38 bits per heavy atom. The first-order valence-corrected chi connectivity index (χ1v) is 6.49. The number of ketones is 1. The van der Waals surface area contributed by atoms with E-state index >= 15 is 0 Å². The average Bonchev–Trinajstić information content (AvgIpc) is 2.32. The van der Waals surface area contributed by atoms with Crippen molar-refractivity contribution >= 4 is 17.5 Å². The summed E-state index contributed by atoms with van der Waals surface area (Å²) in [5, 5.41) is 0. The number of Topliss-reactive ketones (excluding diaryl/α,β-unsaturated/α-hetero) is 1. The van der Waals surface area contributed by atoms with Gasteiger partial charge in [0.2, 0.25) is 0 Å². The maximum Gasteiger partial charge on any atom is 0.173 e. The number of rotatable bonds is 3. The predicted octanol–water partition coefficient (Wildman–Crippen LogP) is 2.25. The molecule has 0 saturated carbocycles. The van der Waals surface area contributed by atoms with Crippen LogP contribution in [0.25, 0.3) is 0 Å². The van der Waals surface area contributed by atoms with Gasteiger partial charge in [-0.25, -0.2) is 0 Å². The monoisotopic (exact) mass is 238 g/mol. The molecule has 1 atom stereocenters. The van der Waals surface area contributed by atoms with Crippen LogP contribution in [0.2, 0.25) is 0 Å². The summed E-state index contributed by atoms with van der Waals surface area (Å²) in [6, 6.07) is 5.34. The zero-order chi connectivity index (χ0) is 11.5. The van der Waals surface area contributed by atoms with Gasteiger partial charge < -0.3 is 9.47 Å². The number of ether oxygens (including phenoxy) is 2. The van der Waals surface area contributed by atoms with E-state index in [2.05, 4.69) is 0 Å². The van der Waals surface area contributed by atoms with E-state index in [1.54, 1.807) is 37.1 Å². The van der Waals surface area contributed by atoms with Crippen LogP contribution in [-0.2, 0) is 0 Å². The molecule has 4 heteroatoms. The van der Waals surface area contributed by atoms with Crippen molar-refractivity contribution < 1.29 is 14.3 Å². The van der Waals surface area contributed by atoms with Crippen LogP contribution in [0.5, 0.6) is 11.5 Å². The Kier molecular flexibility index (Phi) is 3.39. The topological polar surface area (TPSA) is 35.5 Å². The van der Waals surface area contributed by atoms with E-state index in [-0.39, 0.29) is 11.7 Å².